The second-order valence-corrected chi connectivity index (χ2v) is 16.5. The first kappa shape index (κ1) is 31.5. The first-order valence-corrected chi connectivity index (χ1v) is 19.5. The van der Waals surface area contributed by atoms with Crippen LogP contribution < -0.4 is 0 Å². The van der Waals surface area contributed by atoms with Crippen LogP contribution >= 0.6 is 0 Å². The summed E-state index contributed by atoms with van der Waals surface area (Å²) in [5.74, 6) is 1.98. The molecule has 0 unspecified atom stereocenters. The van der Waals surface area contributed by atoms with Gasteiger partial charge < -0.3 is 9.13 Å². The molecule has 7 aromatic carbocycles. The van der Waals surface area contributed by atoms with E-state index in [0.29, 0.717) is 17.5 Å². The Balaban J connectivity index is 1.17. The highest BCUT2D eigenvalue weighted by Gasteiger charge is 2.42. The van der Waals surface area contributed by atoms with Crippen LogP contribution in [0.2, 0.25) is 0 Å². The summed E-state index contributed by atoms with van der Waals surface area (Å²) in [6.45, 7) is 9.64. The fourth-order valence-electron chi connectivity index (χ4n) is 10.1. The Morgan fingerprint density at radius 2 is 0.964 bits per heavy atom. The molecule has 3 aromatic heterocycles. The lowest BCUT2D eigenvalue weighted by Gasteiger charge is -2.39. The summed E-state index contributed by atoms with van der Waals surface area (Å²) >= 11 is 0. The second kappa shape index (κ2) is 10.9. The molecule has 0 bridgehead atoms. The molecule has 0 aliphatic carbocycles. The van der Waals surface area contributed by atoms with E-state index in [2.05, 4.69) is 152 Å². The number of hydrogen-bond acceptors (Lipinski definition) is 3. The van der Waals surface area contributed by atoms with Gasteiger partial charge in [-0.25, -0.2) is 15.0 Å². The van der Waals surface area contributed by atoms with E-state index in [1.807, 2.05) is 36.4 Å². The zero-order chi connectivity index (χ0) is 37.5. The van der Waals surface area contributed by atoms with Gasteiger partial charge in [-0.3, -0.25) is 0 Å². The van der Waals surface area contributed by atoms with E-state index in [-0.39, 0.29) is 10.8 Å². The van der Waals surface area contributed by atoms with Crippen molar-refractivity contribution in [3.8, 4) is 45.5 Å². The van der Waals surface area contributed by atoms with Gasteiger partial charge in [0.2, 0.25) is 0 Å². The predicted molar refractivity (Wildman–Crippen MR) is 229 cm³/mol. The number of aromatic nitrogens is 5. The van der Waals surface area contributed by atoms with Gasteiger partial charge in [-0.05, 0) is 58.7 Å². The monoisotopic (exact) mass is 719 g/mol. The molecule has 0 saturated heterocycles. The third kappa shape index (κ3) is 4.02. The summed E-state index contributed by atoms with van der Waals surface area (Å²) in [7, 11) is 0. The Hall–Kier alpha value is -6.85. The molecule has 2 aliphatic heterocycles. The van der Waals surface area contributed by atoms with Crippen LogP contribution in [0.5, 0.6) is 0 Å². The molecule has 0 atom stereocenters. The molecule has 10 aromatic rings. The maximum absolute atomic E-state index is 5.10. The average Bonchev–Trinajstić information content (AvgIpc) is 3.76. The van der Waals surface area contributed by atoms with Crippen molar-refractivity contribution in [2.75, 3.05) is 0 Å². The Bertz CT molecular complexity index is 3230. The van der Waals surface area contributed by atoms with Gasteiger partial charge in [0.25, 0.3) is 0 Å². The number of fused-ring (bicyclic) bond motifs is 11. The summed E-state index contributed by atoms with van der Waals surface area (Å²) in [5, 5.41) is 5.08. The van der Waals surface area contributed by atoms with Gasteiger partial charge in [-0.15, -0.1) is 0 Å². The number of para-hydroxylation sites is 3. The van der Waals surface area contributed by atoms with Crippen LogP contribution in [-0.4, -0.2) is 24.1 Å². The standard InChI is InChI=1S/C51H37N5/c1-50(2)36-22-12-14-25-41(36)55-39-24-13-11-20-34(39)43-44-42(29-38(50)46(43)55)56-40-27-26-32(28-35(40)33-21-15-23-37(45(33)56)51(44,3)4)49-53-47(30-16-7-5-8-17-30)52-48(54-49)31-18-9-6-10-19-31/h5-29H,1-4H3. The van der Waals surface area contributed by atoms with E-state index in [1.54, 1.807) is 0 Å². The minimum Gasteiger partial charge on any atom is -0.309 e. The second-order valence-electron chi connectivity index (χ2n) is 16.5. The summed E-state index contributed by atoms with van der Waals surface area (Å²) in [6.07, 6.45) is 0. The van der Waals surface area contributed by atoms with E-state index in [1.165, 1.54) is 77.2 Å². The van der Waals surface area contributed by atoms with E-state index in [4.69, 9.17) is 15.0 Å². The van der Waals surface area contributed by atoms with Crippen LogP contribution in [0.3, 0.4) is 0 Å². The van der Waals surface area contributed by atoms with E-state index in [0.717, 1.165) is 16.7 Å². The summed E-state index contributed by atoms with van der Waals surface area (Å²) in [6, 6.07) is 54.5. The zero-order valence-electron chi connectivity index (χ0n) is 31.7. The maximum Gasteiger partial charge on any atom is 0.164 e. The molecule has 0 saturated carbocycles. The van der Waals surface area contributed by atoms with Gasteiger partial charge in [-0.1, -0.05) is 143 Å². The molecule has 5 heterocycles. The van der Waals surface area contributed by atoms with Gasteiger partial charge >= 0.3 is 0 Å². The summed E-state index contributed by atoms with van der Waals surface area (Å²) in [5.41, 5.74) is 15.4. The fraction of sp³-hybridized carbons (Fsp3) is 0.118. The van der Waals surface area contributed by atoms with Gasteiger partial charge in [0.1, 0.15) is 0 Å². The quantitative estimate of drug-likeness (QED) is 0.183. The van der Waals surface area contributed by atoms with Crippen molar-refractivity contribution in [2.45, 2.75) is 38.5 Å². The first-order chi connectivity index (χ1) is 27.3. The van der Waals surface area contributed by atoms with Gasteiger partial charge in [0.05, 0.1) is 33.4 Å². The van der Waals surface area contributed by atoms with Crippen LogP contribution in [0.1, 0.15) is 49.9 Å². The van der Waals surface area contributed by atoms with Crippen molar-refractivity contribution in [3.05, 3.63) is 174 Å². The number of hydrogen-bond donors (Lipinski definition) is 0. The van der Waals surface area contributed by atoms with Gasteiger partial charge in [0, 0.05) is 49.1 Å². The molecule has 5 heteroatoms. The van der Waals surface area contributed by atoms with E-state index in [9.17, 15) is 0 Å². The number of rotatable bonds is 3. The molecule has 2 aliphatic rings. The molecule has 0 fully saturated rings. The lowest BCUT2D eigenvalue weighted by Crippen LogP contribution is -2.30. The van der Waals surface area contributed by atoms with Crippen LogP contribution in [0.15, 0.2) is 152 Å². The van der Waals surface area contributed by atoms with Crippen LogP contribution in [0, 0.1) is 0 Å². The highest BCUT2D eigenvalue weighted by atomic mass is 15.0. The largest absolute Gasteiger partial charge is 0.309 e. The van der Waals surface area contributed by atoms with E-state index < -0.39 is 0 Å². The number of nitrogens with zero attached hydrogens (tertiary/aromatic N) is 5. The SMILES string of the molecule is CC1(C)c2c(cc3c4c2c2ccccc2n4-c2ccccc2C3(C)C)-n2c3ccc(-c4nc(-c5ccccc5)nc(-c5ccccc5)n4)cc3c3cccc1c32. The lowest BCUT2D eigenvalue weighted by atomic mass is 9.69. The van der Waals surface area contributed by atoms with Crippen molar-refractivity contribution in [1.29, 1.82) is 0 Å². The predicted octanol–water partition coefficient (Wildman–Crippen LogP) is 12.3. The van der Waals surface area contributed by atoms with Crippen molar-refractivity contribution in [3.63, 3.8) is 0 Å². The molecule has 266 valence electrons. The van der Waals surface area contributed by atoms with Crippen molar-refractivity contribution >= 4 is 43.6 Å². The van der Waals surface area contributed by atoms with Crippen molar-refractivity contribution in [2.24, 2.45) is 0 Å². The number of benzene rings is 7. The Labute approximate surface area is 324 Å². The molecule has 12 rings (SSSR count). The molecular formula is C51H37N5. The molecule has 0 amide bonds. The molecule has 56 heavy (non-hydrogen) atoms. The topological polar surface area (TPSA) is 48.5 Å². The maximum atomic E-state index is 5.10. The smallest absolute Gasteiger partial charge is 0.164 e. The van der Waals surface area contributed by atoms with Crippen molar-refractivity contribution < 1.29 is 0 Å². The third-order valence-corrected chi connectivity index (χ3v) is 12.7. The molecule has 0 N–H and O–H groups in total. The zero-order valence-corrected chi connectivity index (χ0v) is 31.7. The van der Waals surface area contributed by atoms with Crippen LogP contribution in [0.4, 0.5) is 0 Å². The Kier molecular flexibility index (Phi) is 6.12. The Morgan fingerprint density at radius 1 is 0.393 bits per heavy atom. The van der Waals surface area contributed by atoms with Crippen LogP contribution in [0.25, 0.3) is 89.2 Å². The molecule has 0 radical (unpaired) electrons. The van der Waals surface area contributed by atoms with Gasteiger partial charge in [0.15, 0.2) is 17.5 Å². The van der Waals surface area contributed by atoms with E-state index >= 15 is 0 Å². The summed E-state index contributed by atoms with van der Waals surface area (Å²) in [4.78, 5) is 15.2. The Morgan fingerprint density at radius 3 is 1.70 bits per heavy atom. The summed E-state index contributed by atoms with van der Waals surface area (Å²) < 4.78 is 5.09. The normalized spacial score (nSPS) is 14.7. The third-order valence-electron chi connectivity index (χ3n) is 12.7. The fourth-order valence-corrected chi connectivity index (χ4v) is 10.1. The van der Waals surface area contributed by atoms with Crippen molar-refractivity contribution in [1.82, 2.24) is 24.1 Å². The molecule has 5 nitrogen and oxygen atoms in total. The molecule has 0 spiro atoms. The van der Waals surface area contributed by atoms with Crippen LogP contribution in [-0.2, 0) is 10.8 Å². The molecular weight excluding hydrogens is 683 g/mol. The minimum absolute atomic E-state index is 0.212. The minimum atomic E-state index is -0.278. The van der Waals surface area contributed by atoms with Gasteiger partial charge in [-0.2, -0.15) is 0 Å². The average molecular weight is 720 g/mol. The lowest BCUT2D eigenvalue weighted by molar-refractivity contribution is 0.618. The highest BCUT2D eigenvalue weighted by molar-refractivity contribution is 6.18. The highest BCUT2D eigenvalue weighted by Crippen LogP contribution is 2.56. The first-order valence-electron chi connectivity index (χ1n) is 19.5.